The van der Waals surface area contributed by atoms with Gasteiger partial charge in [-0.05, 0) is 42.8 Å². The minimum Gasteiger partial charge on any atom is -0.493 e. The fourth-order valence-corrected chi connectivity index (χ4v) is 4.35. The van der Waals surface area contributed by atoms with Crippen LogP contribution in [0.5, 0.6) is 11.5 Å². The lowest BCUT2D eigenvalue weighted by molar-refractivity contribution is -0.113. The first-order chi connectivity index (χ1) is 14.9. The number of nitrogens with zero attached hydrogens (tertiary/aromatic N) is 3. The molecule has 0 radical (unpaired) electrons. The number of methoxy groups -OCH3 is 2. The third-order valence-corrected chi connectivity index (χ3v) is 5.80. The number of aromatic nitrogens is 3. The monoisotopic (exact) mass is 480 g/mol. The summed E-state index contributed by atoms with van der Waals surface area (Å²) in [4.78, 5) is 12.3. The van der Waals surface area contributed by atoms with E-state index in [1.54, 1.807) is 32.4 Å². The van der Waals surface area contributed by atoms with E-state index in [0.29, 0.717) is 45.4 Å². The fourth-order valence-electron chi connectivity index (χ4n) is 3.00. The second kappa shape index (κ2) is 10.7. The van der Waals surface area contributed by atoms with Crippen LogP contribution in [-0.4, -0.2) is 40.6 Å². The Balaban J connectivity index is 1.66. The van der Waals surface area contributed by atoms with E-state index in [9.17, 15) is 4.79 Å². The molecule has 0 unspecified atom stereocenters. The highest BCUT2D eigenvalue weighted by atomic mass is 35.5. The molecular weight excluding hydrogens is 459 g/mol. The van der Waals surface area contributed by atoms with Crippen molar-refractivity contribution in [1.82, 2.24) is 14.8 Å². The van der Waals surface area contributed by atoms with Crippen molar-refractivity contribution >= 4 is 46.6 Å². The summed E-state index contributed by atoms with van der Waals surface area (Å²) in [5, 5.41) is 13.0. The molecule has 1 N–H and O–H groups in total. The Kier molecular flexibility index (Phi) is 8.06. The lowest BCUT2D eigenvalue weighted by Crippen LogP contribution is -2.14. The quantitative estimate of drug-likeness (QED) is 0.436. The van der Waals surface area contributed by atoms with Crippen molar-refractivity contribution in [3.05, 3.63) is 57.8 Å². The van der Waals surface area contributed by atoms with Gasteiger partial charge in [0.05, 0.1) is 20.0 Å². The second-order valence-electron chi connectivity index (χ2n) is 6.50. The van der Waals surface area contributed by atoms with E-state index < -0.39 is 0 Å². The number of thioether (sulfide) groups is 1. The average Bonchev–Trinajstić information content (AvgIpc) is 3.12. The van der Waals surface area contributed by atoms with Crippen molar-refractivity contribution < 1.29 is 14.3 Å². The van der Waals surface area contributed by atoms with Crippen molar-refractivity contribution in [1.29, 1.82) is 0 Å². The topological polar surface area (TPSA) is 78.3 Å². The first kappa shape index (κ1) is 23.2. The molecule has 0 aliphatic rings. The molecule has 164 valence electrons. The molecule has 0 atom stereocenters. The third-order valence-electron chi connectivity index (χ3n) is 4.40. The van der Waals surface area contributed by atoms with Gasteiger partial charge in [0.25, 0.3) is 0 Å². The van der Waals surface area contributed by atoms with Crippen molar-refractivity contribution in [2.24, 2.45) is 0 Å². The van der Waals surface area contributed by atoms with Crippen molar-refractivity contribution in [2.75, 3.05) is 25.3 Å². The second-order valence-corrected chi connectivity index (χ2v) is 8.32. The minimum atomic E-state index is -0.185. The van der Waals surface area contributed by atoms with Crippen LogP contribution in [0.15, 0.2) is 41.6 Å². The predicted octanol–water partition coefficient (Wildman–Crippen LogP) is 4.94. The molecule has 3 aromatic rings. The summed E-state index contributed by atoms with van der Waals surface area (Å²) in [6, 6.07) is 10.6. The van der Waals surface area contributed by atoms with Crippen LogP contribution in [0.3, 0.4) is 0 Å². The van der Waals surface area contributed by atoms with Gasteiger partial charge in [0.15, 0.2) is 16.7 Å². The molecule has 0 bridgehead atoms. The molecule has 3 rings (SSSR count). The molecule has 7 nitrogen and oxygen atoms in total. The first-order valence-corrected chi connectivity index (χ1v) is 11.2. The molecule has 31 heavy (non-hydrogen) atoms. The van der Waals surface area contributed by atoms with E-state index in [2.05, 4.69) is 15.5 Å². The van der Waals surface area contributed by atoms with E-state index in [1.165, 1.54) is 11.8 Å². The van der Waals surface area contributed by atoms with Gasteiger partial charge in [-0.3, -0.25) is 4.79 Å². The maximum Gasteiger partial charge on any atom is 0.234 e. The van der Waals surface area contributed by atoms with Crippen LogP contribution in [0.4, 0.5) is 5.69 Å². The predicted molar refractivity (Wildman–Crippen MR) is 124 cm³/mol. The van der Waals surface area contributed by atoms with Gasteiger partial charge in [-0.2, -0.15) is 0 Å². The SMILES string of the molecule is CCn1c(Cc2ccc(OC)c(OC)c2)nnc1SCC(=O)Nc1cc(Cl)cc(Cl)c1. The van der Waals surface area contributed by atoms with E-state index in [1.807, 2.05) is 29.7 Å². The van der Waals surface area contributed by atoms with Gasteiger partial charge in [0.1, 0.15) is 5.82 Å². The van der Waals surface area contributed by atoms with Gasteiger partial charge in [0.2, 0.25) is 5.91 Å². The Morgan fingerprint density at radius 1 is 1.06 bits per heavy atom. The van der Waals surface area contributed by atoms with E-state index in [0.717, 1.165) is 11.4 Å². The van der Waals surface area contributed by atoms with Crippen LogP contribution in [0, 0.1) is 0 Å². The summed E-state index contributed by atoms with van der Waals surface area (Å²) >= 11 is 13.3. The van der Waals surface area contributed by atoms with Crippen LogP contribution < -0.4 is 14.8 Å². The number of carbonyl (C=O) groups excluding carboxylic acids is 1. The Labute approximate surface area is 195 Å². The van der Waals surface area contributed by atoms with Gasteiger partial charge in [-0.25, -0.2) is 0 Å². The number of amides is 1. The zero-order valence-corrected chi connectivity index (χ0v) is 19.6. The first-order valence-electron chi connectivity index (χ1n) is 9.45. The lowest BCUT2D eigenvalue weighted by atomic mass is 10.1. The summed E-state index contributed by atoms with van der Waals surface area (Å²) < 4.78 is 12.6. The Morgan fingerprint density at radius 2 is 1.77 bits per heavy atom. The summed E-state index contributed by atoms with van der Waals surface area (Å²) in [5.74, 6) is 2.13. The number of rotatable bonds is 9. The normalized spacial score (nSPS) is 10.7. The molecule has 0 spiro atoms. The Hall–Kier alpha value is -2.42. The zero-order chi connectivity index (χ0) is 22.4. The molecule has 1 heterocycles. The molecule has 1 aromatic heterocycles. The number of carbonyl (C=O) groups is 1. The van der Waals surface area contributed by atoms with Crippen molar-refractivity contribution in [2.45, 2.75) is 25.0 Å². The van der Waals surface area contributed by atoms with Gasteiger partial charge < -0.3 is 19.4 Å². The minimum absolute atomic E-state index is 0.179. The molecule has 0 aliphatic heterocycles. The summed E-state index contributed by atoms with van der Waals surface area (Å²) in [6.07, 6.45) is 0.578. The highest BCUT2D eigenvalue weighted by molar-refractivity contribution is 7.99. The summed E-state index contributed by atoms with van der Waals surface area (Å²) in [7, 11) is 3.21. The highest BCUT2D eigenvalue weighted by Gasteiger charge is 2.15. The van der Waals surface area contributed by atoms with E-state index in [4.69, 9.17) is 32.7 Å². The van der Waals surface area contributed by atoms with Gasteiger partial charge >= 0.3 is 0 Å². The van der Waals surface area contributed by atoms with Gasteiger partial charge in [-0.1, -0.05) is 41.0 Å². The number of hydrogen-bond donors (Lipinski definition) is 1. The summed E-state index contributed by atoms with van der Waals surface area (Å²) in [6.45, 7) is 2.70. The molecule has 2 aromatic carbocycles. The Bertz CT molecular complexity index is 1050. The molecule has 10 heteroatoms. The maximum atomic E-state index is 12.3. The van der Waals surface area contributed by atoms with Crippen LogP contribution in [0.1, 0.15) is 18.3 Å². The van der Waals surface area contributed by atoms with Crippen LogP contribution in [-0.2, 0) is 17.8 Å². The number of hydrogen-bond acceptors (Lipinski definition) is 6. The molecule has 0 saturated carbocycles. The third kappa shape index (κ3) is 6.06. The van der Waals surface area contributed by atoms with Crippen LogP contribution >= 0.6 is 35.0 Å². The zero-order valence-electron chi connectivity index (χ0n) is 17.3. The lowest BCUT2D eigenvalue weighted by Gasteiger charge is -2.11. The van der Waals surface area contributed by atoms with Crippen molar-refractivity contribution in [3.8, 4) is 11.5 Å². The van der Waals surface area contributed by atoms with Gasteiger partial charge in [0, 0.05) is 28.7 Å². The summed E-state index contributed by atoms with van der Waals surface area (Å²) in [5.41, 5.74) is 1.57. The maximum absolute atomic E-state index is 12.3. The number of anilines is 1. The van der Waals surface area contributed by atoms with Crippen molar-refractivity contribution in [3.63, 3.8) is 0 Å². The van der Waals surface area contributed by atoms with Gasteiger partial charge in [-0.15, -0.1) is 10.2 Å². The molecule has 0 aliphatic carbocycles. The molecule has 1 amide bonds. The highest BCUT2D eigenvalue weighted by Crippen LogP contribution is 2.29. The smallest absolute Gasteiger partial charge is 0.234 e. The largest absolute Gasteiger partial charge is 0.493 e. The number of halogens is 2. The molecule has 0 saturated heterocycles. The fraction of sp³-hybridized carbons (Fsp3) is 0.286. The molecule has 0 fully saturated rings. The number of ether oxygens (including phenoxy) is 2. The standard InChI is InChI=1S/C21H22Cl2N4O3S/c1-4-27-19(8-13-5-6-17(29-2)18(7-13)30-3)25-26-21(27)31-12-20(28)24-16-10-14(22)9-15(23)11-16/h5-7,9-11H,4,8,12H2,1-3H3,(H,24,28). The average molecular weight is 481 g/mol. The Morgan fingerprint density at radius 3 is 2.42 bits per heavy atom. The molecular formula is C21H22Cl2N4O3S. The number of nitrogens with one attached hydrogen (secondary N) is 1. The van der Waals surface area contributed by atoms with Crippen LogP contribution in [0.25, 0.3) is 0 Å². The van der Waals surface area contributed by atoms with E-state index in [-0.39, 0.29) is 11.7 Å². The number of benzene rings is 2. The van der Waals surface area contributed by atoms with E-state index >= 15 is 0 Å². The van der Waals surface area contributed by atoms with Crippen LogP contribution in [0.2, 0.25) is 10.0 Å².